The minimum absolute atomic E-state index is 1.10. The van der Waals surface area contributed by atoms with Crippen LogP contribution in [0.3, 0.4) is 0 Å². The van der Waals surface area contributed by atoms with Gasteiger partial charge in [0.25, 0.3) is 0 Å². The van der Waals surface area contributed by atoms with E-state index in [0.29, 0.717) is 0 Å². The Balaban J connectivity index is 1.06. The Morgan fingerprint density at radius 3 is 1.58 bits per heavy atom. The van der Waals surface area contributed by atoms with Gasteiger partial charge in [-0.15, -0.1) is 11.3 Å². The summed E-state index contributed by atoms with van der Waals surface area (Å²) in [6.07, 6.45) is 0. The maximum Gasteiger partial charge on any atom is 0.0547 e. The highest BCUT2D eigenvalue weighted by atomic mass is 32.1. The molecule has 0 radical (unpaired) electrons. The van der Waals surface area contributed by atoms with Gasteiger partial charge in [0.2, 0.25) is 0 Å². The molecule has 0 aliphatic rings. The van der Waals surface area contributed by atoms with Crippen LogP contribution >= 0.6 is 11.3 Å². The first-order chi connectivity index (χ1) is 28.3. The topological polar surface area (TPSA) is 8.17 Å². The van der Waals surface area contributed by atoms with E-state index in [0.717, 1.165) is 17.1 Å². The molecule has 11 rings (SSSR count). The second kappa shape index (κ2) is 13.8. The molecule has 0 saturated carbocycles. The number of benzene rings is 9. The highest BCUT2D eigenvalue weighted by Gasteiger charge is 2.19. The molecule has 2 aromatic heterocycles. The molecule has 2 heterocycles. The number of thiophene rings is 1. The number of hydrogen-bond acceptors (Lipinski definition) is 2. The Morgan fingerprint density at radius 1 is 0.333 bits per heavy atom. The van der Waals surface area contributed by atoms with Gasteiger partial charge < -0.3 is 9.47 Å². The third kappa shape index (κ3) is 5.80. The van der Waals surface area contributed by atoms with Crippen molar-refractivity contribution in [2.24, 2.45) is 0 Å². The lowest BCUT2D eigenvalue weighted by molar-refractivity contribution is 1.19. The molecule has 0 fully saturated rings. The molecular weight excluding hydrogens is 709 g/mol. The van der Waals surface area contributed by atoms with Crippen molar-refractivity contribution in [3.05, 3.63) is 218 Å². The van der Waals surface area contributed by atoms with Crippen molar-refractivity contribution in [2.75, 3.05) is 4.90 Å². The van der Waals surface area contributed by atoms with E-state index < -0.39 is 0 Å². The quantitative estimate of drug-likeness (QED) is 0.158. The Morgan fingerprint density at radius 2 is 0.877 bits per heavy atom. The summed E-state index contributed by atoms with van der Waals surface area (Å²) < 4.78 is 5.08. The van der Waals surface area contributed by atoms with Crippen LogP contribution in [0, 0.1) is 0 Å². The largest absolute Gasteiger partial charge is 0.310 e. The van der Waals surface area contributed by atoms with Gasteiger partial charge in [-0.25, -0.2) is 0 Å². The third-order valence-electron chi connectivity index (χ3n) is 11.2. The first-order valence-corrected chi connectivity index (χ1v) is 20.2. The van der Waals surface area contributed by atoms with Gasteiger partial charge in [-0.1, -0.05) is 146 Å². The summed E-state index contributed by atoms with van der Waals surface area (Å²) in [6, 6.07) is 79.3. The third-order valence-corrected chi connectivity index (χ3v) is 12.3. The molecular formula is C54H36N2S. The Kier molecular flexibility index (Phi) is 8.04. The van der Waals surface area contributed by atoms with Gasteiger partial charge in [0, 0.05) is 53.7 Å². The SMILES string of the molecule is c1ccc(-c2ccc(N(c3ccc(-c4ccccc4)cc3)c3cccc(-c4cccc5c4c4ccccc4n5-c4ccc5sc6ccccc6c5c4)c3)cc2)cc1. The van der Waals surface area contributed by atoms with Gasteiger partial charge in [0.1, 0.15) is 0 Å². The predicted octanol–water partition coefficient (Wildman–Crippen LogP) is 15.6. The van der Waals surface area contributed by atoms with Gasteiger partial charge in [-0.2, -0.15) is 0 Å². The molecule has 0 bridgehead atoms. The fraction of sp³-hybridized carbons (Fsp3) is 0. The summed E-state index contributed by atoms with van der Waals surface area (Å²) in [5, 5.41) is 5.11. The maximum atomic E-state index is 2.44. The van der Waals surface area contributed by atoms with Gasteiger partial charge in [0.05, 0.1) is 11.0 Å². The van der Waals surface area contributed by atoms with Crippen molar-refractivity contribution in [3.8, 4) is 39.1 Å². The van der Waals surface area contributed by atoms with E-state index in [9.17, 15) is 0 Å². The highest BCUT2D eigenvalue weighted by molar-refractivity contribution is 7.25. The second-order valence-corrected chi connectivity index (χ2v) is 15.6. The Labute approximate surface area is 335 Å². The molecule has 0 N–H and O–H groups in total. The molecule has 0 aliphatic carbocycles. The fourth-order valence-electron chi connectivity index (χ4n) is 8.52. The second-order valence-electron chi connectivity index (χ2n) is 14.5. The minimum Gasteiger partial charge on any atom is -0.310 e. The van der Waals surface area contributed by atoms with E-state index in [2.05, 4.69) is 228 Å². The smallest absolute Gasteiger partial charge is 0.0547 e. The molecule has 0 saturated heterocycles. The molecule has 0 spiro atoms. The Bertz CT molecular complexity index is 3130. The van der Waals surface area contributed by atoms with Crippen LogP contribution in [0.4, 0.5) is 17.1 Å². The number of aromatic nitrogens is 1. The first-order valence-electron chi connectivity index (χ1n) is 19.4. The van der Waals surface area contributed by atoms with Crippen LogP contribution in [0.5, 0.6) is 0 Å². The highest BCUT2D eigenvalue weighted by Crippen LogP contribution is 2.43. The summed E-state index contributed by atoms with van der Waals surface area (Å²) >= 11 is 1.86. The summed E-state index contributed by atoms with van der Waals surface area (Å²) in [5.41, 5.74) is 14.1. The lowest BCUT2D eigenvalue weighted by Crippen LogP contribution is -2.10. The lowest BCUT2D eigenvalue weighted by Gasteiger charge is -2.26. The molecule has 268 valence electrons. The molecule has 2 nitrogen and oxygen atoms in total. The molecule has 9 aromatic carbocycles. The molecule has 3 heteroatoms. The van der Waals surface area contributed by atoms with Crippen LogP contribution in [0.1, 0.15) is 0 Å². The number of nitrogens with zero attached hydrogens (tertiary/aromatic N) is 2. The maximum absolute atomic E-state index is 2.44. The van der Waals surface area contributed by atoms with Gasteiger partial charge in [-0.05, 0) is 106 Å². The van der Waals surface area contributed by atoms with Gasteiger partial charge >= 0.3 is 0 Å². The van der Waals surface area contributed by atoms with Crippen LogP contribution in [0.15, 0.2) is 218 Å². The Hall–Kier alpha value is -7.20. The standard InChI is InChI=1S/C54H36N2S/c1-3-13-37(14-4-1)39-25-29-42(30-26-39)55(43-31-27-40(28-32-43)38-15-5-2-6-16-38)44-18-11-17-41(35-44)46-21-12-23-51-54(46)48-20-7-9-22-50(48)56(51)45-33-34-53-49(36-45)47-19-8-10-24-52(47)57-53/h1-36H. The molecule has 0 amide bonds. The van der Waals surface area contributed by atoms with Crippen LogP contribution < -0.4 is 4.90 Å². The number of anilines is 3. The fourth-order valence-corrected chi connectivity index (χ4v) is 9.60. The summed E-state index contributed by atoms with van der Waals surface area (Å²) in [4.78, 5) is 2.37. The van der Waals surface area contributed by atoms with Crippen molar-refractivity contribution in [2.45, 2.75) is 0 Å². The van der Waals surface area contributed by atoms with Crippen molar-refractivity contribution < 1.29 is 0 Å². The zero-order valence-corrected chi connectivity index (χ0v) is 31.9. The zero-order chi connectivity index (χ0) is 37.7. The summed E-state index contributed by atoms with van der Waals surface area (Å²) in [5.74, 6) is 0. The van der Waals surface area contributed by atoms with Crippen LogP contribution in [-0.2, 0) is 0 Å². The van der Waals surface area contributed by atoms with Gasteiger partial charge in [-0.3, -0.25) is 0 Å². The predicted molar refractivity (Wildman–Crippen MR) is 245 cm³/mol. The molecule has 0 aliphatic heterocycles. The molecule has 57 heavy (non-hydrogen) atoms. The number of fused-ring (bicyclic) bond motifs is 6. The van der Waals surface area contributed by atoms with Crippen LogP contribution in [-0.4, -0.2) is 4.57 Å². The van der Waals surface area contributed by atoms with E-state index in [1.165, 1.54) is 81.0 Å². The average Bonchev–Trinajstić information content (AvgIpc) is 3.83. The van der Waals surface area contributed by atoms with Crippen LogP contribution in [0.25, 0.3) is 81.0 Å². The first kappa shape index (κ1) is 33.2. The normalized spacial score (nSPS) is 11.5. The van der Waals surface area contributed by atoms with Crippen molar-refractivity contribution in [1.29, 1.82) is 0 Å². The lowest BCUT2D eigenvalue weighted by atomic mass is 9.98. The van der Waals surface area contributed by atoms with E-state index in [4.69, 9.17) is 0 Å². The molecule has 0 unspecified atom stereocenters. The van der Waals surface area contributed by atoms with E-state index in [1.807, 2.05) is 11.3 Å². The van der Waals surface area contributed by atoms with Crippen molar-refractivity contribution in [3.63, 3.8) is 0 Å². The summed E-state index contributed by atoms with van der Waals surface area (Å²) in [7, 11) is 0. The monoisotopic (exact) mass is 744 g/mol. The summed E-state index contributed by atoms with van der Waals surface area (Å²) in [6.45, 7) is 0. The average molecular weight is 745 g/mol. The number of rotatable bonds is 7. The van der Waals surface area contributed by atoms with E-state index in [1.54, 1.807) is 0 Å². The van der Waals surface area contributed by atoms with Gasteiger partial charge in [0.15, 0.2) is 0 Å². The van der Waals surface area contributed by atoms with Crippen molar-refractivity contribution >= 4 is 70.4 Å². The number of hydrogen-bond donors (Lipinski definition) is 0. The zero-order valence-electron chi connectivity index (χ0n) is 31.1. The van der Waals surface area contributed by atoms with Crippen LogP contribution in [0.2, 0.25) is 0 Å². The van der Waals surface area contributed by atoms with E-state index >= 15 is 0 Å². The molecule has 11 aromatic rings. The van der Waals surface area contributed by atoms with Crippen molar-refractivity contribution in [1.82, 2.24) is 4.57 Å². The van der Waals surface area contributed by atoms with E-state index in [-0.39, 0.29) is 0 Å². The number of para-hydroxylation sites is 1. The molecule has 0 atom stereocenters. The minimum atomic E-state index is 1.10.